The van der Waals surface area contributed by atoms with E-state index in [9.17, 15) is 9.18 Å². The zero-order chi connectivity index (χ0) is 23.8. The average Bonchev–Trinajstić information content (AvgIpc) is 3.28. The number of nitrogens with one attached hydrogen (secondary N) is 1. The van der Waals surface area contributed by atoms with Crippen molar-refractivity contribution in [1.29, 1.82) is 0 Å². The van der Waals surface area contributed by atoms with Gasteiger partial charge < -0.3 is 9.84 Å². The standard InChI is InChI=1S/C26H20ClFN4O2/c1-15-6-3-8-18(12-15)24-30-25(34-31-24)22-16(2)32(21-11-5-9-19(27)14-21)26(33)29-23(22)17-7-4-10-20(28)13-17/h3-14,23H,1-2H3,(H,29,33). The molecule has 8 heteroatoms. The van der Waals surface area contributed by atoms with Crippen molar-refractivity contribution in [2.45, 2.75) is 19.9 Å². The van der Waals surface area contributed by atoms with Gasteiger partial charge in [-0.05, 0) is 55.8 Å². The number of amides is 2. The van der Waals surface area contributed by atoms with Crippen molar-refractivity contribution < 1.29 is 13.7 Å². The van der Waals surface area contributed by atoms with Gasteiger partial charge in [0.2, 0.25) is 5.82 Å². The number of anilines is 1. The fourth-order valence-electron chi connectivity index (χ4n) is 4.12. The molecule has 0 aliphatic carbocycles. The highest BCUT2D eigenvalue weighted by molar-refractivity contribution is 6.31. The molecule has 0 saturated carbocycles. The summed E-state index contributed by atoms with van der Waals surface area (Å²) in [6.45, 7) is 3.77. The summed E-state index contributed by atoms with van der Waals surface area (Å²) in [6, 6.07) is 19.7. The minimum absolute atomic E-state index is 0.232. The molecule has 0 fully saturated rings. The van der Waals surface area contributed by atoms with Crippen molar-refractivity contribution in [1.82, 2.24) is 15.5 Å². The fourth-order valence-corrected chi connectivity index (χ4v) is 4.30. The normalized spacial score (nSPS) is 16.1. The van der Waals surface area contributed by atoms with Crippen LogP contribution in [0.1, 0.15) is 30.0 Å². The zero-order valence-electron chi connectivity index (χ0n) is 18.4. The van der Waals surface area contributed by atoms with Gasteiger partial charge in [0.25, 0.3) is 5.89 Å². The second-order valence-electron chi connectivity index (χ2n) is 8.04. The van der Waals surface area contributed by atoms with Crippen LogP contribution in [0.5, 0.6) is 0 Å². The first-order chi connectivity index (χ1) is 16.4. The van der Waals surface area contributed by atoms with E-state index in [0.717, 1.165) is 11.1 Å². The summed E-state index contributed by atoms with van der Waals surface area (Å²) in [5, 5.41) is 7.62. The van der Waals surface area contributed by atoms with Crippen molar-refractivity contribution >= 4 is 28.9 Å². The highest BCUT2D eigenvalue weighted by Crippen LogP contribution is 2.39. The molecule has 2 heterocycles. The van der Waals surface area contributed by atoms with E-state index in [4.69, 9.17) is 16.1 Å². The number of hydrogen-bond acceptors (Lipinski definition) is 4. The number of aryl methyl sites for hydroxylation is 1. The third-order valence-corrected chi connectivity index (χ3v) is 5.90. The van der Waals surface area contributed by atoms with E-state index in [1.54, 1.807) is 43.3 Å². The summed E-state index contributed by atoms with van der Waals surface area (Å²) in [6.07, 6.45) is 0. The maximum Gasteiger partial charge on any atom is 0.326 e. The minimum Gasteiger partial charge on any atom is -0.334 e. The Balaban J connectivity index is 1.67. The topological polar surface area (TPSA) is 71.3 Å². The third kappa shape index (κ3) is 4.06. The Kier molecular flexibility index (Phi) is 5.63. The van der Waals surface area contributed by atoms with Crippen LogP contribution in [0.2, 0.25) is 5.02 Å². The first-order valence-electron chi connectivity index (χ1n) is 10.6. The van der Waals surface area contributed by atoms with E-state index in [-0.39, 0.29) is 11.9 Å². The molecule has 1 aromatic heterocycles. The van der Waals surface area contributed by atoms with Gasteiger partial charge in [-0.1, -0.05) is 58.7 Å². The molecule has 1 atom stereocenters. The number of urea groups is 1. The fraction of sp³-hybridized carbons (Fsp3) is 0.115. The zero-order valence-corrected chi connectivity index (χ0v) is 19.2. The summed E-state index contributed by atoms with van der Waals surface area (Å²) >= 11 is 6.18. The van der Waals surface area contributed by atoms with Crippen LogP contribution in [0.4, 0.5) is 14.9 Å². The molecule has 1 aliphatic heterocycles. The van der Waals surface area contributed by atoms with Crippen LogP contribution >= 0.6 is 11.6 Å². The Morgan fingerprint density at radius 1 is 1.03 bits per heavy atom. The molecule has 170 valence electrons. The molecule has 0 bridgehead atoms. The number of hydrogen-bond donors (Lipinski definition) is 1. The molecule has 34 heavy (non-hydrogen) atoms. The molecule has 4 aromatic rings. The minimum atomic E-state index is -0.690. The first-order valence-corrected chi connectivity index (χ1v) is 11.0. The molecule has 5 rings (SSSR count). The summed E-state index contributed by atoms with van der Waals surface area (Å²) < 4.78 is 19.8. The van der Waals surface area contributed by atoms with Crippen LogP contribution in [0.25, 0.3) is 17.0 Å². The van der Waals surface area contributed by atoms with E-state index < -0.39 is 11.9 Å². The molecule has 0 spiro atoms. The number of nitrogens with zero attached hydrogens (tertiary/aromatic N) is 3. The number of rotatable bonds is 4. The van der Waals surface area contributed by atoms with Gasteiger partial charge in [-0.3, -0.25) is 4.90 Å². The molecule has 1 unspecified atom stereocenters. The Hall–Kier alpha value is -3.97. The monoisotopic (exact) mass is 474 g/mol. The average molecular weight is 475 g/mol. The highest BCUT2D eigenvalue weighted by atomic mass is 35.5. The van der Waals surface area contributed by atoms with E-state index in [1.165, 1.54) is 17.0 Å². The predicted molar refractivity (Wildman–Crippen MR) is 129 cm³/mol. The Morgan fingerprint density at radius 3 is 2.59 bits per heavy atom. The molecular formula is C26H20ClFN4O2. The third-order valence-electron chi connectivity index (χ3n) is 5.67. The number of aromatic nitrogens is 2. The lowest BCUT2D eigenvalue weighted by Crippen LogP contribution is -2.46. The van der Waals surface area contributed by atoms with E-state index in [1.807, 2.05) is 31.2 Å². The van der Waals surface area contributed by atoms with Gasteiger partial charge in [0.1, 0.15) is 5.82 Å². The number of halogens is 2. The van der Waals surface area contributed by atoms with Gasteiger partial charge in [-0.2, -0.15) is 4.98 Å². The van der Waals surface area contributed by atoms with Gasteiger partial charge in [0.15, 0.2) is 0 Å². The Bertz CT molecular complexity index is 1430. The maximum absolute atomic E-state index is 14.1. The maximum atomic E-state index is 14.1. The largest absolute Gasteiger partial charge is 0.334 e. The van der Waals surface area contributed by atoms with Crippen LogP contribution in [-0.2, 0) is 0 Å². The number of carbonyl (C=O) groups excluding carboxylic acids is 1. The molecule has 3 aromatic carbocycles. The summed E-state index contributed by atoms with van der Waals surface area (Å²) in [7, 11) is 0. The molecule has 1 aliphatic rings. The van der Waals surface area contributed by atoms with E-state index in [0.29, 0.717) is 33.4 Å². The second kappa shape index (κ2) is 8.76. The SMILES string of the molecule is CC1=C(c2nc(-c3cccc(C)c3)no2)C(c2cccc(F)c2)NC(=O)N1c1cccc(Cl)c1. The molecule has 0 saturated heterocycles. The lowest BCUT2D eigenvalue weighted by molar-refractivity contribution is 0.244. The number of allylic oxidation sites excluding steroid dienone is 1. The van der Waals surface area contributed by atoms with Gasteiger partial charge in [0.05, 0.1) is 17.3 Å². The van der Waals surface area contributed by atoms with Crippen LogP contribution < -0.4 is 10.2 Å². The lowest BCUT2D eigenvalue weighted by atomic mass is 9.94. The first kappa shape index (κ1) is 21.9. The lowest BCUT2D eigenvalue weighted by Gasteiger charge is -2.35. The summed E-state index contributed by atoms with van der Waals surface area (Å²) in [5.41, 5.74) is 4.15. The summed E-state index contributed by atoms with van der Waals surface area (Å²) in [4.78, 5) is 19.3. The number of carbonyl (C=O) groups is 1. The molecule has 2 amide bonds. The Morgan fingerprint density at radius 2 is 1.82 bits per heavy atom. The van der Waals surface area contributed by atoms with E-state index in [2.05, 4.69) is 15.5 Å². The van der Waals surface area contributed by atoms with Gasteiger partial charge in [-0.25, -0.2) is 9.18 Å². The molecule has 0 radical (unpaired) electrons. The molecule has 6 nitrogen and oxygen atoms in total. The van der Waals surface area contributed by atoms with Gasteiger partial charge in [-0.15, -0.1) is 0 Å². The van der Waals surface area contributed by atoms with Crippen LogP contribution in [0, 0.1) is 12.7 Å². The quantitative estimate of drug-likeness (QED) is 0.364. The van der Waals surface area contributed by atoms with Gasteiger partial charge in [0, 0.05) is 16.3 Å². The number of benzene rings is 3. The Labute approximate surface area is 200 Å². The highest BCUT2D eigenvalue weighted by Gasteiger charge is 2.36. The molecule has 1 N–H and O–H groups in total. The van der Waals surface area contributed by atoms with Crippen molar-refractivity contribution in [3.8, 4) is 11.4 Å². The van der Waals surface area contributed by atoms with Crippen molar-refractivity contribution in [3.63, 3.8) is 0 Å². The van der Waals surface area contributed by atoms with Crippen LogP contribution in [-0.4, -0.2) is 16.2 Å². The van der Waals surface area contributed by atoms with Crippen molar-refractivity contribution in [2.24, 2.45) is 0 Å². The predicted octanol–water partition coefficient (Wildman–Crippen LogP) is 6.54. The summed E-state index contributed by atoms with van der Waals surface area (Å²) in [5.74, 6) is 0.241. The smallest absolute Gasteiger partial charge is 0.326 e. The van der Waals surface area contributed by atoms with Gasteiger partial charge >= 0.3 is 6.03 Å². The van der Waals surface area contributed by atoms with E-state index >= 15 is 0 Å². The van der Waals surface area contributed by atoms with Crippen molar-refractivity contribution in [3.05, 3.63) is 106 Å². The van der Waals surface area contributed by atoms with Crippen LogP contribution in [0.3, 0.4) is 0 Å². The van der Waals surface area contributed by atoms with Crippen LogP contribution in [0.15, 0.2) is 83.0 Å². The second-order valence-corrected chi connectivity index (χ2v) is 8.48. The molecular weight excluding hydrogens is 455 g/mol. The van der Waals surface area contributed by atoms with Crippen molar-refractivity contribution in [2.75, 3.05) is 4.90 Å².